The van der Waals surface area contributed by atoms with E-state index in [-0.39, 0.29) is 5.97 Å². The van der Waals surface area contributed by atoms with Gasteiger partial charge in [-0.15, -0.1) is 0 Å². The van der Waals surface area contributed by atoms with Gasteiger partial charge in [-0.25, -0.2) is 0 Å². The highest BCUT2D eigenvalue weighted by atomic mass is 16.5. The summed E-state index contributed by atoms with van der Waals surface area (Å²) < 4.78 is 4.40. The van der Waals surface area contributed by atoms with Crippen molar-refractivity contribution in [3.05, 3.63) is 36.2 Å². The quantitative estimate of drug-likeness (QED) is 0.804. The number of aromatic hydroxyl groups is 1. The van der Waals surface area contributed by atoms with Crippen molar-refractivity contribution in [2.24, 2.45) is 0 Å². The van der Waals surface area contributed by atoms with Gasteiger partial charge < -0.3 is 9.84 Å². The van der Waals surface area contributed by atoms with Gasteiger partial charge in [-0.1, -0.05) is 46.2 Å². The molecule has 1 N–H and O–H groups in total. The van der Waals surface area contributed by atoms with Gasteiger partial charge in [0.05, 0.1) is 6.61 Å². The summed E-state index contributed by atoms with van der Waals surface area (Å²) in [6, 6.07) is 5.81. The molecule has 0 heterocycles. The Bertz CT molecular complexity index is 370. The minimum atomic E-state index is -0.211. The number of phenols is 1. The maximum Gasteiger partial charge on any atom is 0.302 e. The topological polar surface area (TPSA) is 46.5 Å². The van der Waals surface area contributed by atoms with Crippen LogP contribution in [0.4, 0.5) is 0 Å². The number of carbonyl (C=O) groups excluding carboxylic acids is 1. The van der Waals surface area contributed by atoms with E-state index in [9.17, 15) is 9.90 Å². The zero-order valence-electron chi connectivity index (χ0n) is 13.7. The van der Waals surface area contributed by atoms with Gasteiger partial charge in [0.2, 0.25) is 0 Å². The summed E-state index contributed by atoms with van der Waals surface area (Å²) in [6.45, 7) is 15.3. The second kappa shape index (κ2) is 12.5. The molecule has 1 rings (SSSR count). The summed E-state index contributed by atoms with van der Waals surface area (Å²) in [7, 11) is 0. The molecule has 0 aliphatic carbocycles. The molecule has 0 bridgehead atoms. The van der Waals surface area contributed by atoms with Crippen LogP contribution in [0.5, 0.6) is 5.75 Å². The second-order valence-electron chi connectivity index (χ2n) is 4.64. The fourth-order valence-corrected chi connectivity index (χ4v) is 1.35. The van der Waals surface area contributed by atoms with Crippen LogP contribution >= 0.6 is 0 Å². The van der Waals surface area contributed by atoms with Crippen molar-refractivity contribution in [2.75, 3.05) is 6.61 Å². The Labute approximate surface area is 124 Å². The average molecular weight is 281 g/mol. The van der Waals surface area contributed by atoms with E-state index in [0.29, 0.717) is 18.3 Å². The summed E-state index contributed by atoms with van der Waals surface area (Å²) >= 11 is 0. The number of benzene rings is 1. The molecule has 0 amide bonds. The minimum Gasteiger partial charge on any atom is -0.508 e. The highest BCUT2D eigenvalue weighted by Gasteiger charge is 2.03. The third-order valence-electron chi connectivity index (χ3n) is 2.16. The largest absolute Gasteiger partial charge is 0.508 e. The maximum absolute atomic E-state index is 9.82. The first-order valence-corrected chi connectivity index (χ1v) is 7.02. The molecule has 0 aromatic heterocycles. The molecule has 0 unspecified atom stereocenters. The molecule has 1 radical (unpaired) electrons. The molecule has 1 aromatic rings. The number of aryl methyl sites for hydroxylation is 1. The van der Waals surface area contributed by atoms with Gasteiger partial charge in [0.15, 0.2) is 0 Å². The van der Waals surface area contributed by atoms with E-state index in [1.54, 1.807) is 13.0 Å². The molecule has 0 fully saturated rings. The molecule has 3 heteroatoms. The molecule has 0 aliphatic heterocycles. The van der Waals surface area contributed by atoms with E-state index in [2.05, 4.69) is 25.5 Å². The van der Waals surface area contributed by atoms with Crippen LogP contribution in [-0.4, -0.2) is 17.7 Å². The summed E-state index contributed by atoms with van der Waals surface area (Å²) in [4.78, 5) is 9.82. The lowest BCUT2D eigenvalue weighted by atomic mass is 10.0. The lowest BCUT2D eigenvalue weighted by Gasteiger charge is -2.07. The Hall–Kier alpha value is -1.51. The molecule has 0 atom stereocenters. The van der Waals surface area contributed by atoms with Gasteiger partial charge in [0.1, 0.15) is 5.75 Å². The normalized spacial score (nSPS) is 9.00. The smallest absolute Gasteiger partial charge is 0.302 e. The Morgan fingerprint density at radius 2 is 1.85 bits per heavy atom. The predicted octanol–water partition coefficient (Wildman–Crippen LogP) is 4.62. The molecule has 3 nitrogen and oxygen atoms in total. The molecule has 0 aliphatic rings. The maximum atomic E-state index is 9.82. The number of hydrogen-bond donors (Lipinski definition) is 1. The first-order chi connectivity index (χ1) is 9.29. The van der Waals surface area contributed by atoms with Crippen molar-refractivity contribution in [2.45, 2.75) is 53.9 Å². The van der Waals surface area contributed by atoms with Crippen molar-refractivity contribution in [1.29, 1.82) is 0 Å². The van der Waals surface area contributed by atoms with Crippen LogP contribution in [0, 0.1) is 13.8 Å². The Kier molecular flexibility index (Phi) is 13.0. The highest BCUT2D eigenvalue weighted by Crippen LogP contribution is 2.25. The molecule has 115 valence electrons. The van der Waals surface area contributed by atoms with Gasteiger partial charge in [0.25, 0.3) is 0 Å². The van der Waals surface area contributed by atoms with Gasteiger partial charge in [-0.3, -0.25) is 4.79 Å². The number of carbonyl (C=O) groups is 1. The van der Waals surface area contributed by atoms with Gasteiger partial charge in [0, 0.05) is 6.92 Å². The Balaban J connectivity index is 0. The van der Waals surface area contributed by atoms with Crippen LogP contribution in [-0.2, 0) is 9.53 Å². The van der Waals surface area contributed by atoms with Crippen LogP contribution in [0.25, 0.3) is 0 Å². The van der Waals surface area contributed by atoms with E-state index in [1.165, 1.54) is 6.92 Å². The van der Waals surface area contributed by atoms with Crippen molar-refractivity contribution < 1.29 is 14.6 Å². The molecule has 1 aromatic carbocycles. The first kappa shape index (κ1) is 20.8. The van der Waals surface area contributed by atoms with Crippen molar-refractivity contribution in [3.8, 4) is 5.75 Å². The van der Waals surface area contributed by atoms with Crippen molar-refractivity contribution in [1.82, 2.24) is 0 Å². The molecule has 20 heavy (non-hydrogen) atoms. The van der Waals surface area contributed by atoms with Crippen LogP contribution < -0.4 is 0 Å². The summed E-state index contributed by atoms with van der Waals surface area (Å²) in [6.07, 6.45) is 1.00. The number of phenolic OH excluding ortho intramolecular Hbond substituents is 1. The van der Waals surface area contributed by atoms with E-state index >= 15 is 0 Å². The number of rotatable bonds is 2. The van der Waals surface area contributed by atoms with Crippen LogP contribution in [0.15, 0.2) is 18.2 Å². The Morgan fingerprint density at radius 1 is 1.35 bits per heavy atom. The lowest BCUT2D eigenvalue weighted by Crippen LogP contribution is -1.95. The van der Waals surface area contributed by atoms with Crippen LogP contribution in [0.2, 0.25) is 0 Å². The van der Waals surface area contributed by atoms with E-state index < -0.39 is 0 Å². The second-order valence-corrected chi connectivity index (χ2v) is 4.64. The molecule has 0 saturated carbocycles. The zero-order valence-corrected chi connectivity index (χ0v) is 13.7. The molecule has 0 spiro atoms. The fourth-order valence-electron chi connectivity index (χ4n) is 1.35. The van der Waals surface area contributed by atoms with E-state index in [4.69, 9.17) is 0 Å². The van der Waals surface area contributed by atoms with E-state index in [0.717, 1.165) is 17.5 Å². The molecular weight excluding hydrogens is 252 g/mol. The number of hydrogen-bond acceptors (Lipinski definition) is 3. The fraction of sp³-hybridized carbons (Fsp3) is 0.529. The first-order valence-electron chi connectivity index (χ1n) is 7.02. The highest BCUT2D eigenvalue weighted by molar-refractivity contribution is 5.65. The third-order valence-corrected chi connectivity index (χ3v) is 2.16. The van der Waals surface area contributed by atoms with Crippen molar-refractivity contribution >= 4 is 5.97 Å². The average Bonchev–Trinajstić information content (AvgIpc) is 2.29. The van der Waals surface area contributed by atoms with E-state index in [1.807, 2.05) is 26.0 Å². The minimum absolute atomic E-state index is 0.211. The Morgan fingerprint density at radius 3 is 2.10 bits per heavy atom. The third kappa shape index (κ3) is 11.6. The standard InChI is InChI=1S/C10H14O.C4H8O2.C3H7/c1-7(2)9-5-4-8(3)6-10(9)11;1-3-6-4(2)5;1-3-2/h4-7,11H,1-3H3;3H2,1-2H3;1,3H2,2H3. The van der Waals surface area contributed by atoms with Crippen molar-refractivity contribution in [3.63, 3.8) is 0 Å². The van der Waals surface area contributed by atoms with Crippen LogP contribution in [0.3, 0.4) is 0 Å². The summed E-state index contributed by atoms with van der Waals surface area (Å²) in [5, 5.41) is 9.46. The summed E-state index contributed by atoms with van der Waals surface area (Å²) in [5.41, 5.74) is 2.13. The van der Waals surface area contributed by atoms with Gasteiger partial charge >= 0.3 is 5.97 Å². The van der Waals surface area contributed by atoms with Gasteiger partial charge in [-0.2, -0.15) is 0 Å². The lowest BCUT2D eigenvalue weighted by molar-refractivity contribution is -0.140. The number of ether oxygens (including phenoxy) is 1. The summed E-state index contributed by atoms with van der Waals surface area (Å²) in [5.74, 6) is 0.605. The molecular formula is C17H29O3. The van der Waals surface area contributed by atoms with Gasteiger partial charge in [-0.05, 0) is 37.0 Å². The monoisotopic (exact) mass is 281 g/mol. The van der Waals surface area contributed by atoms with Crippen LogP contribution in [0.1, 0.15) is 58.1 Å². The zero-order chi connectivity index (χ0) is 16.1. The molecule has 0 saturated heterocycles. The SMILES string of the molecule is CCOC(C)=O.Cc1ccc(C(C)C)c(O)c1.[CH2]CC. The number of esters is 1. The predicted molar refractivity (Wildman–Crippen MR) is 84.9 cm³/mol.